The van der Waals surface area contributed by atoms with Gasteiger partial charge in [0.1, 0.15) is 0 Å². The van der Waals surface area contributed by atoms with Crippen molar-refractivity contribution in [1.82, 2.24) is 0 Å². The average Bonchev–Trinajstić information content (AvgIpc) is 2.85. The van der Waals surface area contributed by atoms with Gasteiger partial charge in [-0.25, -0.2) is 0 Å². The molecule has 1 atom stereocenters. The first-order chi connectivity index (χ1) is 7.88. The number of carbonyl (C=O) groups excluding carboxylic acids is 1. The molecule has 1 aliphatic rings. The van der Waals surface area contributed by atoms with Crippen molar-refractivity contribution in [3.8, 4) is 0 Å². The highest BCUT2D eigenvalue weighted by molar-refractivity contribution is 5.91. The maximum Gasteiger partial charge on any atom is 0.196 e. The van der Waals surface area contributed by atoms with Gasteiger partial charge in [-0.2, -0.15) is 0 Å². The fourth-order valence-corrected chi connectivity index (χ4v) is 2.35. The van der Waals surface area contributed by atoms with Crippen molar-refractivity contribution in [1.29, 1.82) is 0 Å². The van der Waals surface area contributed by atoms with Gasteiger partial charge in [-0.3, -0.25) is 4.79 Å². The summed E-state index contributed by atoms with van der Waals surface area (Å²) in [5, 5.41) is 0. The second kappa shape index (κ2) is 4.21. The molecule has 0 amide bonds. The van der Waals surface area contributed by atoms with E-state index in [0.717, 1.165) is 19.0 Å². The van der Waals surface area contributed by atoms with E-state index in [2.05, 4.69) is 25.7 Å². The Kier molecular flexibility index (Phi) is 3.02. The molecule has 1 aromatic heterocycles. The molecule has 0 aliphatic carbocycles. The Morgan fingerprint density at radius 2 is 2.12 bits per heavy atom. The summed E-state index contributed by atoms with van der Waals surface area (Å²) >= 11 is 0. The van der Waals surface area contributed by atoms with Crippen molar-refractivity contribution in [3.05, 3.63) is 17.9 Å². The topological polar surface area (TPSA) is 33.5 Å². The van der Waals surface area contributed by atoms with Gasteiger partial charge in [0, 0.05) is 26.1 Å². The quantitative estimate of drug-likeness (QED) is 0.737. The molecule has 1 unspecified atom stereocenters. The van der Waals surface area contributed by atoms with Gasteiger partial charge in [-0.05, 0) is 23.8 Å². The zero-order valence-electron chi connectivity index (χ0n) is 11.1. The molecule has 17 heavy (non-hydrogen) atoms. The van der Waals surface area contributed by atoms with E-state index in [9.17, 15) is 4.79 Å². The van der Waals surface area contributed by atoms with E-state index < -0.39 is 0 Å². The number of Topliss-reactive ketones (excluding diaryl/α,β-unsaturated/α-hetero) is 1. The normalized spacial score (nSPS) is 20.9. The van der Waals surface area contributed by atoms with Crippen molar-refractivity contribution in [2.75, 3.05) is 18.0 Å². The first-order valence-corrected chi connectivity index (χ1v) is 6.23. The number of furan rings is 1. The number of rotatable bonds is 2. The molecular weight excluding hydrogens is 214 g/mol. The molecule has 2 rings (SSSR count). The number of anilines is 1. The Balaban J connectivity index is 2.07. The lowest BCUT2D eigenvalue weighted by Crippen LogP contribution is -2.25. The molecule has 1 saturated heterocycles. The molecule has 0 N–H and O–H groups in total. The number of ketones is 1. The highest BCUT2D eigenvalue weighted by atomic mass is 16.4. The van der Waals surface area contributed by atoms with Gasteiger partial charge in [0.2, 0.25) is 0 Å². The van der Waals surface area contributed by atoms with Crippen LogP contribution in [0.4, 0.5) is 5.88 Å². The van der Waals surface area contributed by atoms with E-state index in [1.54, 1.807) is 6.07 Å². The molecule has 0 aromatic carbocycles. The zero-order valence-corrected chi connectivity index (χ0v) is 11.1. The Morgan fingerprint density at radius 1 is 1.41 bits per heavy atom. The van der Waals surface area contributed by atoms with Gasteiger partial charge in [0.25, 0.3) is 0 Å². The second-order valence-corrected chi connectivity index (χ2v) is 5.99. The SMILES string of the molecule is CC(=O)c1ccc(N2CCC(C(C)(C)C)C2)o1. The van der Waals surface area contributed by atoms with E-state index in [-0.39, 0.29) is 5.78 Å². The van der Waals surface area contributed by atoms with Gasteiger partial charge in [-0.1, -0.05) is 20.8 Å². The minimum atomic E-state index is -0.0113. The third kappa shape index (κ3) is 2.54. The van der Waals surface area contributed by atoms with Crippen LogP contribution >= 0.6 is 0 Å². The minimum absolute atomic E-state index is 0.0113. The van der Waals surface area contributed by atoms with Crippen LogP contribution in [-0.4, -0.2) is 18.9 Å². The molecule has 1 aliphatic heterocycles. The fourth-order valence-electron chi connectivity index (χ4n) is 2.35. The van der Waals surface area contributed by atoms with Crippen molar-refractivity contribution < 1.29 is 9.21 Å². The molecule has 0 bridgehead atoms. The summed E-state index contributed by atoms with van der Waals surface area (Å²) in [4.78, 5) is 13.4. The van der Waals surface area contributed by atoms with Crippen LogP contribution in [0.5, 0.6) is 0 Å². The summed E-state index contributed by atoms with van der Waals surface area (Å²) in [6, 6.07) is 3.67. The third-order valence-corrected chi connectivity index (χ3v) is 3.66. The molecule has 2 heterocycles. The molecule has 1 aromatic rings. The molecule has 94 valence electrons. The summed E-state index contributed by atoms with van der Waals surface area (Å²) in [5.74, 6) is 1.97. The van der Waals surface area contributed by atoms with Gasteiger partial charge >= 0.3 is 0 Å². The van der Waals surface area contributed by atoms with Crippen molar-refractivity contribution >= 4 is 11.7 Å². The Bertz CT molecular complexity index is 414. The summed E-state index contributed by atoms with van der Waals surface area (Å²) in [7, 11) is 0. The lowest BCUT2D eigenvalue weighted by Gasteiger charge is -2.26. The third-order valence-electron chi connectivity index (χ3n) is 3.66. The number of hydrogen-bond donors (Lipinski definition) is 0. The molecule has 3 nitrogen and oxygen atoms in total. The Hall–Kier alpha value is -1.25. The minimum Gasteiger partial charge on any atom is -0.437 e. The Labute approximate surface area is 103 Å². The highest BCUT2D eigenvalue weighted by Gasteiger charge is 2.32. The highest BCUT2D eigenvalue weighted by Crippen LogP contribution is 2.36. The fraction of sp³-hybridized carbons (Fsp3) is 0.643. The summed E-state index contributed by atoms with van der Waals surface area (Å²) in [5.41, 5.74) is 0.338. The maximum absolute atomic E-state index is 11.2. The molecular formula is C14H21NO2. The lowest BCUT2D eigenvalue weighted by atomic mass is 9.80. The largest absolute Gasteiger partial charge is 0.437 e. The molecule has 0 radical (unpaired) electrons. The standard InChI is InChI=1S/C14H21NO2/c1-10(16)12-5-6-13(17-12)15-8-7-11(9-15)14(2,3)4/h5-6,11H,7-9H2,1-4H3. The second-order valence-electron chi connectivity index (χ2n) is 5.99. The predicted octanol–water partition coefficient (Wildman–Crippen LogP) is 3.35. The smallest absolute Gasteiger partial charge is 0.196 e. The van der Waals surface area contributed by atoms with Crippen LogP contribution in [0.3, 0.4) is 0 Å². The van der Waals surface area contributed by atoms with Gasteiger partial charge < -0.3 is 9.32 Å². The first kappa shape index (κ1) is 12.2. The van der Waals surface area contributed by atoms with Crippen LogP contribution in [0, 0.1) is 11.3 Å². The summed E-state index contributed by atoms with van der Waals surface area (Å²) in [6.45, 7) is 10.4. The first-order valence-electron chi connectivity index (χ1n) is 6.23. The van der Waals surface area contributed by atoms with Gasteiger partial charge in [-0.15, -0.1) is 0 Å². The van der Waals surface area contributed by atoms with E-state index in [1.807, 2.05) is 6.07 Å². The summed E-state index contributed by atoms with van der Waals surface area (Å²) < 4.78 is 5.57. The van der Waals surface area contributed by atoms with Crippen molar-refractivity contribution in [3.63, 3.8) is 0 Å². The zero-order chi connectivity index (χ0) is 12.6. The van der Waals surface area contributed by atoms with Gasteiger partial charge in [0.05, 0.1) is 0 Å². The maximum atomic E-state index is 11.2. The number of hydrogen-bond acceptors (Lipinski definition) is 3. The number of nitrogens with zero attached hydrogens (tertiary/aromatic N) is 1. The number of carbonyl (C=O) groups is 1. The van der Waals surface area contributed by atoms with Crippen LogP contribution in [0.25, 0.3) is 0 Å². The van der Waals surface area contributed by atoms with Crippen LogP contribution < -0.4 is 4.90 Å². The van der Waals surface area contributed by atoms with Crippen molar-refractivity contribution in [2.24, 2.45) is 11.3 Å². The van der Waals surface area contributed by atoms with E-state index in [0.29, 0.717) is 17.1 Å². The van der Waals surface area contributed by atoms with Crippen LogP contribution in [0.15, 0.2) is 16.5 Å². The lowest BCUT2D eigenvalue weighted by molar-refractivity contribution is 0.0987. The van der Waals surface area contributed by atoms with Crippen LogP contribution in [0.2, 0.25) is 0 Å². The molecule has 0 saturated carbocycles. The molecule has 0 spiro atoms. The van der Waals surface area contributed by atoms with Crippen molar-refractivity contribution in [2.45, 2.75) is 34.1 Å². The molecule has 3 heteroatoms. The average molecular weight is 235 g/mol. The van der Waals surface area contributed by atoms with E-state index in [1.165, 1.54) is 13.3 Å². The Morgan fingerprint density at radius 3 is 2.59 bits per heavy atom. The van der Waals surface area contributed by atoms with Crippen LogP contribution in [0.1, 0.15) is 44.7 Å². The predicted molar refractivity (Wildman–Crippen MR) is 68.5 cm³/mol. The van der Waals surface area contributed by atoms with E-state index in [4.69, 9.17) is 4.42 Å². The van der Waals surface area contributed by atoms with Gasteiger partial charge in [0.15, 0.2) is 17.4 Å². The molecule has 1 fully saturated rings. The summed E-state index contributed by atoms with van der Waals surface area (Å²) in [6.07, 6.45) is 1.19. The monoisotopic (exact) mass is 235 g/mol. The van der Waals surface area contributed by atoms with E-state index >= 15 is 0 Å². The van der Waals surface area contributed by atoms with Crippen LogP contribution in [-0.2, 0) is 0 Å².